The second-order valence-electron chi connectivity index (χ2n) is 11.5. The van der Waals surface area contributed by atoms with Crippen LogP contribution in [0.25, 0.3) is 11.3 Å². The number of allylic oxidation sites excluding steroid dienone is 1. The van der Waals surface area contributed by atoms with Crippen molar-refractivity contribution in [3.8, 4) is 11.6 Å². The normalized spacial score (nSPS) is 16.3. The molecule has 1 amide bonds. The molecule has 2 heterocycles. The number of halogens is 4. The molecule has 51 heavy (non-hydrogen) atoms. The summed E-state index contributed by atoms with van der Waals surface area (Å²) in [7, 11) is 0. The van der Waals surface area contributed by atoms with Crippen LogP contribution in [0.15, 0.2) is 66.9 Å². The number of benzene rings is 2. The first kappa shape index (κ1) is 38.3. The summed E-state index contributed by atoms with van der Waals surface area (Å²) >= 11 is 6.13. The Kier molecular flexibility index (Phi) is 12.4. The number of carbonyl (C=O) groups excluding carboxylic acids is 1. The minimum absolute atomic E-state index is 0.0839. The van der Waals surface area contributed by atoms with Gasteiger partial charge in [0.25, 0.3) is 5.91 Å². The number of ether oxygens (including phenoxy) is 1. The third-order valence-corrected chi connectivity index (χ3v) is 7.93. The highest BCUT2D eigenvalue weighted by Gasteiger charge is 2.45. The quantitative estimate of drug-likeness (QED) is 0.138. The summed E-state index contributed by atoms with van der Waals surface area (Å²) in [5, 5.41) is 23.3. The van der Waals surface area contributed by atoms with Gasteiger partial charge >= 0.3 is 18.1 Å². The number of aryl methyl sites for hydroxylation is 1. The molecule has 13 nitrogen and oxygen atoms in total. The average Bonchev–Trinajstić information content (AvgIpc) is 3.51. The van der Waals surface area contributed by atoms with Crippen molar-refractivity contribution < 1.29 is 42.5 Å². The molecule has 0 spiro atoms. The Morgan fingerprint density at radius 1 is 1.10 bits per heavy atom. The molecular weight excluding hydrogens is 695 g/mol. The van der Waals surface area contributed by atoms with Crippen LogP contribution in [-0.4, -0.2) is 66.6 Å². The van der Waals surface area contributed by atoms with Gasteiger partial charge in [0.1, 0.15) is 6.54 Å². The van der Waals surface area contributed by atoms with Crippen molar-refractivity contribution in [1.82, 2.24) is 25.1 Å². The van der Waals surface area contributed by atoms with Gasteiger partial charge in [-0.05, 0) is 61.2 Å². The number of hydrogen-bond donors (Lipinski definition) is 5. The SMILES string of the molecule is CCC(=O)O.Cc1ccn(-c2cc(Cl)ccc2[C@@H](Oc2cc(C3=C[C@H](N)C(c4cccc(C(=O)NCC(=O)O)c4)CC3)nc(N)n2)C(F)(F)F)n1. The zero-order chi connectivity index (χ0) is 37.5. The number of amides is 1. The van der Waals surface area contributed by atoms with E-state index in [9.17, 15) is 27.6 Å². The number of hydrogen-bond acceptors (Lipinski definition) is 9. The van der Waals surface area contributed by atoms with Crippen molar-refractivity contribution in [3.05, 3.63) is 100.0 Å². The number of aliphatic carboxylic acids is 2. The number of alkyl halides is 3. The Balaban J connectivity index is 0.00000109. The largest absolute Gasteiger partial charge is 0.481 e. The minimum Gasteiger partial charge on any atom is -0.481 e. The van der Waals surface area contributed by atoms with Crippen molar-refractivity contribution in [2.24, 2.45) is 5.73 Å². The molecule has 270 valence electrons. The molecule has 3 atom stereocenters. The number of nitrogen functional groups attached to an aromatic ring is 1. The first-order valence-electron chi connectivity index (χ1n) is 15.5. The zero-order valence-corrected chi connectivity index (χ0v) is 28.2. The van der Waals surface area contributed by atoms with Gasteiger partial charge in [0, 0.05) is 46.8 Å². The Labute approximate surface area is 295 Å². The molecular formula is C34H35ClF3N7O6. The summed E-state index contributed by atoms with van der Waals surface area (Å²) < 4.78 is 50.4. The summed E-state index contributed by atoms with van der Waals surface area (Å²) in [5.41, 5.74) is 14.8. The van der Waals surface area contributed by atoms with E-state index in [0.717, 1.165) is 5.56 Å². The smallest absolute Gasteiger partial charge is 0.429 e. The maximum atomic E-state index is 14.5. The molecule has 0 saturated carbocycles. The van der Waals surface area contributed by atoms with E-state index in [4.69, 9.17) is 38.0 Å². The third-order valence-electron chi connectivity index (χ3n) is 7.69. The predicted octanol–water partition coefficient (Wildman–Crippen LogP) is 5.47. The monoisotopic (exact) mass is 729 g/mol. The van der Waals surface area contributed by atoms with E-state index >= 15 is 0 Å². The average molecular weight is 730 g/mol. The molecule has 0 aliphatic heterocycles. The van der Waals surface area contributed by atoms with Crippen LogP contribution < -0.4 is 21.5 Å². The van der Waals surface area contributed by atoms with Crippen molar-refractivity contribution >= 4 is 41.0 Å². The lowest BCUT2D eigenvalue weighted by atomic mass is 9.80. The molecule has 4 aromatic rings. The summed E-state index contributed by atoms with van der Waals surface area (Å²) in [6, 6.07) is 13.0. The van der Waals surface area contributed by atoms with Crippen molar-refractivity contribution in [3.63, 3.8) is 0 Å². The molecule has 1 aliphatic rings. The molecule has 1 unspecified atom stereocenters. The lowest BCUT2D eigenvalue weighted by Gasteiger charge is -2.28. The number of carbonyl (C=O) groups is 3. The van der Waals surface area contributed by atoms with Crippen molar-refractivity contribution in [2.45, 2.75) is 57.3 Å². The number of anilines is 1. The fraction of sp³-hybridized carbons (Fsp3) is 0.294. The standard InChI is InChI=1S/C31H29ClF3N7O4.C3H6O2/c1-16-9-10-42(41-16)25-13-20(32)6-8-22(25)28(31(33,34)35)46-26-14-24(39-30(37)40-26)18-5-7-21(23(36)12-18)17-3-2-4-19(11-17)29(45)38-15-27(43)44;1-2-3(4)5/h2-4,6,8-14,21,23,28H,5,7,15,36H2,1H3,(H,38,45)(H,43,44)(H2,37,39,40);2H2,1H3,(H,4,5)/t21?,23-,28+;/m0./s1. The highest BCUT2D eigenvalue weighted by molar-refractivity contribution is 6.30. The number of carboxylic acids is 2. The maximum Gasteiger partial charge on any atom is 0.429 e. The van der Waals surface area contributed by atoms with E-state index in [1.165, 1.54) is 35.1 Å². The molecule has 7 N–H and O–H groups in total. The molecule has 1 aliphatic carbocycles. The van der Waals surface area contributed by atoms with Crippen LogP contribution in [-0.2, 0) is 9.59 Å². The number of nitrogens with two attached hydrogens (primary N) is 2. The van der Waals surface area contributed by atoms with E-state index < -0.39 is 42.7 Å². The molecule has 0 bridgehead atoms. The highest BCUT2D eigenvalue weighted by Crippen LogP contribution is 2.41. The molecule has 0 saturated heterocycles. The van der Waals surface area contributed by atoms with Gasteiger partial charge in [-0.1, -0.05) is 42.8 Å². The van der Waals surface area contributed by atoms with Crippen LogP contribution in [0, 0.1) is 6.92 Å². The second-order valence-corrected chi connectivity index (χ2v) is 11.9. The van der Waals surface area contributed by atoms with Crippen molar-refractivity contribution in [2.75, 3.05) is 12.3 Å². The Bertz CT molecular complexity index is 1930. The number of aromatic nitrogens is 4. The number of rotatable bonds is 10. The van der Waals surface area contributed by atoms with Gasteiger partial charge in [0.15, 0.2) is 0 Å². The molecule has 5 rings (SSSR count). The predicted molar refractivity (Wildman–Crippen MR) is 181 cm³/mol. The molecule has 0 radical (unpaired) electrons. The molecule has 2 aromatic heterocycles. The van der Waals surface area contributed by atoms with Gasteiger partial charge in [-0.25, -0.2) is 9.67 Å². The van der Waals surface area contributed by atoms with Crippen LogP contribution in [0.1, 0.15) is 71.1 Å². The van der Waals surface area contributed by atoms with E-state index in [2.05, 4.69) is 20.4 Å². The lowest BCUT2D eigenvalue weighted by Crippen LogP contribution is -2.31. The Hall–Kier alpha value is -5.48. The highest BCUT2D eigenvalue weighted by atomic mass is 35.5. The summed E-state index contributed by atoms with van der Waals surface area (Å²) in [6.07, 6.45) is -2.85. The fourth-order valence-corrected chi connectivity index (χ4v) is 5.45. The van der Waals surface area contributed by atoms with Crippen LogP contribution >= 0.6 is 11.6 Å². The van der Waals surface area contributed by atoms with Gasteiger partial charge in [-0.3, -0.25) is 14.4 Å². The van der Waals surface area contributed by atoms with E-state index in [1.54, 1.807) is 44.2 Å². The maximum absolute atomic E-state index is 14.5. The number of nitrogens with one attached hydrogen (secondary N) is 1. The first-order valence-corrected chi connectivity index (χ1v) is 15.9. The number of carboxylic acid groups (broad SMARTS) is 2. The lowest BCUT2D eigenvalue weighted by molar-refractivity contribution is -0.198. The fourth-order valence-electron chi connectivity index (χ4n) is 5.29. The minimum atomic E-state index is -4.86. The zero-order valence-electron chi connectivity index (χ0n) is 27.4. The summed E-state index contributed by atoms with van der Waals surface area (Å²) in [6.45, 7) is 2.79. The van der Waals surface area contributed by atoms with E-state index in [0.29, 0.717) is 24.1 Å². The molecule has 2 aromatic carbocycles. The van der Waals surface area contributed by atoms with Gasteiger partial charge < -0.3 is 31.7 Å². The van der Waals surface area contributed by atoms with Crippen LogP contribution in [0.3, 0.4) is 0 Å². The number of nitrogens with zero attached hydrogens (tertiary/aromatic N) is 4. The summed E-state index contributed by atoms with van der Waals surface area (Å²) in [5.74, 6) is -3.32. The third kappa shape index (κ3) is 10.3. The molecule has 0 fully saturated rings. The van der Waals surface area contributed by atoms with Gasteiger partial charge in [0.05, 0.1) is 17.1 Å². The van der Waals surface area contributed by atoms with Crippen LogP contribution in [0.2, 0.25) is 5.02 Å². The van der Waals surface area contributed by atoms with Gasteiger partial charge in [-0.2, -0.15) is 23.3 Å². The van der Waals surface area contributed by atoms with E-state index in [1.807, 2.05) is 6.07 Å². The Morgan fingerprint density at radius 3 is 2.43 bits per heavy atom. The van der Waals surface area contributed by atoms with E-state index in [-0.39, 0.29) is 51.7 Å². The van der Waals surface area contributed by atoms with Crippen LogP contribution in [0.4, 0.5) is 19.1 Å². The topological polar surface area (TPSA) is 209 Å². The van der Waals surface area contributed by atoms with Crippen molar-refractivity contribution in [1.29, 1.82) is 0 Å². The first-order chi connectivity index (χ1) is 24.0. The van der Waals surface area contributed by atoms with Gasteiger partial charge in [0.2, 0.25) is 17.9 Å². The summed E-state index contributed by atoms with van der Waals surface area (Å²) in [4.78, 5) is 40.7. The second kappa shape index (κ2) is 16.5. The van der Waals surface area contributed by atoms with Gasteiger partial charge in [-0.15, -0.1) is 0 Å². The Morgan fingerprint density at radius 2 is 1.82 bits per heavy atom. The molecule has 17 heteroatoms. The van der Waals surface area contributed by atoms with Crippen LogP contribution in [0.5, 0.6) is 5.88 Å².